The molecule has 3 rings (SSSR count). The maximum atomic E-state index is 12.6. The molecule has 0 radical (unpaired) electrons. The summed E-state index contributed by atoms with van der Waals surface area (Å²) in [5.74, 6) is -0.552. The zero-order valence-corrected chi connectivity index (χ0v) is 17.0. The largest absolute Gasteiger partial charge is 0.416 e. The van der Waals surface area contributed by atoms with E-state index in [2.05, 4.69) is 10.4 Å². The highest BCUT2D eigenvalue weighted by molar-refractivity contribution is 6.30. The molecule has 1 aliphatic heterocycles. The molecule has 0 saturated carbocycles. The van der Waals surface area contributed by atoms with E-state index >= 15 is 0 Å². The van der Waals surface area contributed by atoms with Crippen molar-refractivity contribution in [2.24, 2.45) is 10.5 Å². The number of carbonyl (C=O) groups is 2. The third-order valence-electron chi connectivity index (χ3n) is 4.98. The van der Waals surface area contributed by atoms with Crippen molar-refractivity contribution in [1.82, 2.24) is 5.01 Å². The van der Waals surface area contributed by atoms with Crippen LogP contribution in [0.25, 0.3) is 0 Å². The maximum Gasteiger partial charge on any atom is 0.416 e. The van der Waals surface area contributed by atoms with Crippen LogP contribution in [-0.4, -0.2) is 35.5 Å². The van der Waals surface area contributed by atoms with E-state index in [-0.39, 0.29) is 24.6 Å². The third-order valence-corrected chi connectivity index (χ3v) is 5.23. The minimum Gasteiger partial charge on any atom is -0.324 e. The minimum absolute atomic E-state index is 0.0955. The van der Waals surface area contributed by atoms with Crippen molar-refractivity contribution in [3.05, 3.63) is 64.7 Å². The number of halogens is 4. The highest BCUT2D eigenvalue weighted by Gasteiger charge is 2.43. The third kappa shape index (κ3) is 4.64. The molecule has 9 heteroatoms. The molecule has 1 unspecified atom stereocenters. The molecule has 2 aromatic carbocycles. The number of hydrazone groups is 1. The molecule has 0 saturated heterocycles. The molecule has 1 amide bonds. The first-order chi connectivity index (χ1) is 14.0. The Morgan fingerprint density at radius 2 is 1.73 bits per heavy atom. The molecule has 1 heterocycles. The monoisotopic (exact) mass is 437 g/mol. The summed E-state index contributed by atoms with van der Waals surface area (Å²) < 4.78 is 37.9. The number of amides is 1. The van der Waals surface area contributed by atoms with Crippen molar-refractivity contribution in [2.45, 2.75) is 20.0 Å². The normalized spacial score (nSPS) is 18.9. The van der Waals surface area contributed by atoms with Crippen LogP contribution < -0.4 is 5.32 Å². The van der Waals surface area contributed by atoms with Crippen molar-refractivity contribution in [3.8, 4) is 0 Å². The summed E-state index contributed by atoms with van der Waals surface area (Å²) in [5.41, 5.74) is -0.197. The lowest BCUT2D eigenvalue weighted by Crippen LogP contribution is -2.39. The second-order valence-corrected chi connectivity index (χ2v) is 7.73. The van der Waals surface area contributed by atoms with Gasteiger partial charge in [0, 0.05) is 10.7 Å². The van der Waals surface area contributed by atoms with Gasteiger partial charge in [-0.25, -0.2) is 0 Å². The molecule has 5 nitrogen and oxygen atoms in total. The van der Waals surface area contributed by atoms with Gasteiger partial charge in [-0.05, 0) is 55.8 Å². The number of hydrogen-bond donors (Lipinski definition) is 1. The second-order valence-electron chi connectivity index (χ2n) is 7.29. The molecule has 158 valence electrons. The Labute approximate surface area is 176 Å². The van der Waals surface area contributed by atoms with Crippen LogP contribution in [0.2, 0.25) is 5.02 Å². The summed E-state index contributed by atoms with van der Waals surface area (Å²) in [5, 5.41) is 9.04. The van der Waals surface area contributed by atoms with Gasteiger partial charge < -0.3 is 5.32 Å². The summed E-state index contributed by atoms with van der Waals surface area (Å²) in [7, 11) is 0. The number of alkyl halides is 3. The number of rotatable bonds is 5. The van der Waals surface area contributed by atoms with Crippen molar-refractivity contribution >= 4 is 34.7 Å². The Bertz CT molecular complexity index is 988. The highest BCUT2D eigenvalue weighted by atomic mass is 35.5. The molecule has 0 aromatic heterocycles. The van der Waals surface area contributed by atoms with Gasteiger partial charge in [-0.2, -0.15) is 18.3 Å². The Kier molecular flexibility index (Phi) is 5.90. The van der Waals surface area contributed by atoms with Crippen LogP contribution in [0.1, 0.15) is 25.0 Å². The fourth-order valence-corrected chi connectivity index (χ4v) is 3.32. The van der Waals surface area contributed by atoms with E-state index in [9.17, 15) is 22.8 Å². The van der Waals surface area contributed by atoms with Crippen molar-refractivity contribution in [1.29, 1.82) is 0 Å². The molecule has 0 aliphatic carbocycles. The summed E-state index contributed by atoms with van der Waals surface area (Å²) >= 11 is 5.93. The summed E-state index contributed by atoms with van der Waals surface area (Å²) in [6, 6.07) is 11.1. The van der Waals surface area contributed by atoms with Gasteiger partial charge in [-0.15, -0.1) is 0 Å². The molecule has 30 heavy (non-hydrogen) atoms. The first-order valence-corrected chi connectivity index (χ1v) is 9.45. The Balaban J connectivity index is 1.73. The number of nitrogens with zero attached hydrogens (tertiary/aromatic N) is 2. The van der Waals surface area contributed by atoms with Gasteiger partial charge in [0.1, 0.15) is 12.3 Å². The van der Waals surface area contributed by atoms with Crippen LogP contribution in [-0.2, 0) is 15.8 Å². The number of anilines is 1. The molecule has 0 spiro atoms. The minimum atomic E-state index is -4.44. The van der Waals surface area contributed by atoms with E-state index in [0.29, 0.717) is 10.7 Å². The van der Waals surface area contributed by atoms with Crippen LogP contribution in [0.15, 0.2) is 53.6 Å². The average molecular weight is 438 g/mol. The van der Waals surface area contributed by atoms with Crippen LogP contribution in [0, 0.1) is 5.41 Å². The standard InChI is InChI=1S/C21H19ClF3N3O2/c1-13(29)20(2)12-28(27-19(20)14-3-7-16(22)8-4-14)11-18(30)26-17-9-5-15(6-10-17)21(23,24)25/h3-10H,11-12H2,1-2H3,(H,26,30). The maximum absolute atomic E-state index is 12.6. The van der Waals surface area contributed by atoms with E-state index < -0.39 is 23.1 Å². The molecule has 1 N–H and O–H groups in total. The summed E-state index contributed by atoms with van der Waals surface area (Å²) in [6.07, 6.45) is -4.44. The quantitative estimate of drug-likeness (QED) is 0.743. The molecule has 1 atom stereocenters. The number of ketones is 1. The predicted octanol–water partition coefficient (Wildman–Crippen LogP) is 4.61. The SMILES string of the molecule is CC(=O)C1(C)CN(CC(=O)Nc2ccc(C(F)(F)F)cc2)N=C1c1ccc(Cl)cc1. The second kappa shape index (κ2) is 8.10. The highest BCUT2D eigenvalue weighted by Crippen LogP contribution is 2.33. The van der Waals surface area contributed by atoms with E-state index in [1.165, 1.54) is 24.1 Å². The van der Waals surface area contributed by atoms with Gasteiger partial charge in [0.15, 0.2) is 0 Å². The molecular formula is C21H19ClF3N3O2. The molecule has 0 fully saturated rings. The number of hydrogen-bond acceptors (Lipinski definition) is 4. The van der Waals surface area contributed by atoms with Gasteiger partial charge in [-0.3, -0.25) is 14.6 Å². The van der Waals surface area contributed by atoms with Gasteiger partial charge >= 0.3 is 6.18 Å². The number of benzene rings is 2. The lowest BCUT2D eigenvalue weighted by atomic mass is 9.79. The molecule has 2 aromatic rings. The molecule has 1 aliphatic rings. The van der Waals surface area contributed by atoms with Gasteiger partial charge in [0.2, 0.25) is 5.91 Å². The van der Waals surface area contributed by atoms with Crippen molar-refractivity contribution in [3.63, 3.8) is 0 Å². The van der Waals surface area contributed by atoms with Gasteiger partial charge in [0.25, 0.3) is 0 Å². The number of nitrogens with one attached hydrogen (secondary N) is 1. The van der Waals surface area contributed by atoms with E-state index in [1.54, 1.807) is 31.2 Å². The van der Waals surface area contributed by atoms with Crippen LogP contribution in [0.4, 0.5) is 18.9 Å². The van der Waals surface area contributed by atoms with Gasteiger partial charge in [-0.1, -0.05) is 23.7 Å². The Morgan fingerprint density at radius 1 is 1.13 bits per heavy atom. The van der Waals surface area contributed by atoms with Crippen molar-refractivity contribution in [2.75, 3.05) is 18.4 Å². The van der Waals surface area contributed by atoms with Gasteiger partial charge in [0.05, 0.1) is 23.2 Å². The average Bonchev–Trinajstić information content (AvgIpc) is 2.99. The van der Waals surface area contributed by atoms with Crippen LogP contribution in [0.5, 0.6) is 0 Å². The van der Waals surface area contributed by atoms with E-state index in [1.807, 2.05) is 0 Å². The Morgan fingerprint density at radius 3 is 2.27 bits per heavy atom. The lowest BCUT2D eigenvalue weighted by Gasteiger charge is -2.23. The zero-order chi connectivity index (χ0) is 22.1. The van der Waals surface area contributed by atoms with Crippen LogP contribution >= 0.6 is 11.6 Å². The number of Topliss-reactive ketones (excluding diaryl/α,β-unsaturated/α-hetero) is 1. The number of carbonyl (C=O) groups excluding carboxylic acids is 2. The predicted molar refractivity (Wildman–Crippen MR) is 108 cm³/mol. The lowest BCUT2D eigenvalue weighted by molar-refractivity contribution is -0.137. The van der Waals surface area contributed by atoms with E-state index in [0.717, 1.165) is 17.7 Å². The smallest absolute Gasteiger partial charge is 0.324 e. The first-order valence-electron chi connectivity index (χ1n) is 9.07. The van der Waals surface area contributed by atoms with Crippen LogP contribution in [0.3, 0.4) is 0 Å². The summed E-state index contributed by atoms with van der Waals surface area (Å²) in [6.45, 7) is 3.29. The summed E-state index contributed by atoms with van der Waals surface area (Å²) in [4.78, 5) is 24.7. The van der Waals surface area contributed by atoms with E-state index in [4.69, 9.17) is 11.6 Å². The topological polar surface area (TPSA) is 61.8 Å². The zero-order valence-electron chi connectivity index (χ0n) is 16.3. The Hall–Kier alpha value is -2.87. The molecule has 0 bridgehead atoms. The van der Waals surface area contributed by atoms with Crippen molar-refractivity contribution < 1.29 is 22.8 Å². The fraction of sp³-hybridized carbons (Fsp3) is 0.286. The fourth-order valence-electron chi connectivity index (χ4n) is 3.19. The molecular weight excluding hydrogens is 419 g/mol. The first kappa shape index (κ1) is 21.8.